The smallest absolute Gasteiger partial charge is 0.00268 e. The summed E-state index contributed by atoms with van der Waals surface area (Å²) in [7, 11) is 0. The summed E-state index contributed by atoms with van der Waals surface area (Å²) in [4.78, 5) is 0. The molecular formula is C96H68. The van der Waals surface area contributed by atoms with Crippen molar-refractivity contribution in [2.45, 2.75) is 0 Å². The highest BCUT2D eigenvalue weighted by Gasteiger charge is 2.08. The maximum Gasteiger partial charge on any atom is -0.00268 e. The van der Waals surface area contributed by atoms with E-state index in [0.29, 0.717) is 0 Å². The Morgan fingerprint density at radius 1 is 0.0833 bits per heavy atom. The van der Waals surface area contributed by atoms with Crippen LogP contribution in [-0.2, 0) is 0 Å². The predicted octanol–water partition coefficient (Wildman–Crippen LogP) is 27.4. The minimum Gasteiger partial charge on any atom is -0.0623 e. The summed E-state index contributed by atoms with van der Waals surface area (Å²) in [6.45, 7) is 0. The molecule has 0 aromatic heterocycles. The van der Waals surface area contributed by atoms with Crippen LogP contribution >= 0.6 is 0 Å². The van der Waals surface area contributed by atoms with Gasteiger partial charge in [0.05, 0.1) is 0 Å². The van der Waals surface area contributed by atoms with Crippen LogP contribution in [0.1, 0.15) is 0 Å². The summed E-state index contributed by atoms with van der Waals surface area (Å²) in [5.74, 6) is 0. The molecule has 0 spiro atoms. The van der Waals surface area contributed by atoms with Gasteiger partial charge in [0, 0.05) is 0 Å². The quantitative estimate of drug-likeness (QED) is 0.105. The van der Waals surface area contributed by atoms with Gasteiger partial charge in [0.25, 0.3) is 0 Å². The third-order valence-electron chi connectivity index (χ3n) is 18.3. The van der Waals surface area contributed by atoms with Crippen LogP contribution in [0, 0.1) is 0 Å². The van der Waals surface area contributed by atoms with Gasteiger partial charge in [0.15, 0.2) is 0 Å². The maximum absolute atomic E-state index is 2.24. The van der Waals surface area contributed by atoms with Gasteiger partial charge in [-0.15, -0.1) is 0 Å². The van der Waals surface area contributed by atoms with Gasteiger partial charge in [-0.3, -0.25) is 0 Å². The zero-order valence-electron chi connectivity index (χ0n) is 53.3. The van der Waals surface area contributed by atoms with Gasteiger partial charge < -0.3 is 0 Å². The van der Waals surface area contributed by atoms with E-state index in [-0.39, 0.29) is 0 Å². The first-order valence-corrected chi connectivity index (χ1v) is 33.0. The van der Waals surface area contributed by atoms with E-state index in [2.05, 4.69) is 376 Å². The second kappa shape index (κ2) is 28.2. The molecule has 0 heterocycles. The highest BCUT2D eigenvalue weighted by atomic mass is 14.1. The van der Waals surface area contributed by atoms with Crippen molar-refractivity contribution in [2.75, 3.05) is 0 Å². The molecule has 96 heavy (non-hydrogen) atoms. The molecule has 0 unspecified atom stereocenters. The van der Waals surface area contributed by atoms with Crippen LogP contribution in [0.4, 0.5) is 0 Å². The number of rotatable bonds is 0. The Morgan fingerprint density at radius 3 is 0.542 bits per heavy atom. The fraction of sp³-hybridized carbons (Fsp3) is 0. The van der Waals surface area contributed by atoms with Crippen LogP contribution in [-0.4, -0.2) is 0 Å². The summed E-state index contributed by atoms with van der Waals surface area (Å²) >= 11 is 0. The van der Waals surface area contributed by atoms with Gasteiger partial charge in [0.2, 0.25) is 0 Å². The van der Waals surface area contributed by atoms with E-state index >= 15 is 0 Å². The second-order valence-corrected chi connectivity index (χ2v) is 24.2. The highest BCUT2D eigenvalue weighted by Crippen LogP contribution is 2.36. The van der Waals surface area contributed by atoms with Crippen molar-refractivity contribution in [1.82, 2.24) is 0 Å². The Morgan fingerprint density at radius 2 is 0.260 bits per heavy atom. The molecule has 0 amide bonds. The lowest BCUT2D eigenvalue weighted by atomic mass is 9.95. The zero-order valence-corrected chi connectivity index (χ0v) is 53.3. The van der Waals surface area contributed by atoms with E-state index in [4.69, 9.17) is 0 Å². The Bertz CT molecular complexity index is 5680. The number of hydrogen-bond donors (Lipinski definition) is 0. The molecule has 452 valence electrons. The summed E-state index contributed by atoms with van der Waals surface area (Å²) < 4.78 is 0. The second-order valence-electron chi connectivity index (χ2n) is 24.2. The largest absolute Gasteiger partial charge is 0.0623 e. The van der Waals surface area contributed by atoms with Gasteiger partial charge in [-0.2, -0.15) is 0 Å². The van der Waals surface area contributed by atoms with Crippen LogP contribution in [0.3, 0.4) is 0 Å². The minimum absolute atomic E-state index is 1.31. The number of benzene rings is 21. The lowest BCUT2D eigenvalue weighted by Gasteiger charge is -2.09. The topological polar surface area (TPSA) is 0 Å². The van der Waals surface area contributed by atoms with Crippen LogP contribution in [0.15, 0.2) is 413 Å². The van der Waals surface area contributed by atoms with Gasteiger partial charge in [-0.05, 0) is 163 Å². The normalized spacial score (nSPS) is 10.9. The molecule has 0 atom stereocenters. The van der Waals surface area contributed by atoms with Crippen molar-refractivity contribution >= 4 is 151 Å². The molecule has 21 aromatic rings. The molecule has 0 radical (unpaired) electrons. The third kappa shape index (κ3) is 12.9. The summed E-state index contributed by atoms with van der Waals surface area (Å²) in [5.41, 5.74) is 0. The zero-order chi connectivity index (χ0) is 64.2. The van der Waals surface area contributed by atoms with Gasteiger partial charge >= 0.3 is 0 Å². The molecule has 0 heteroatoms. The number of hydrogen-bond acceptors (Lipinski definition) is 0. The molecule has 21 aromatic carbocycles. The summed E-state index contributed by atoms with van der Waals surface area (Å²) in [5, 5.41) is 37.2. The summed E-state index contributed by atoms with van der Waals surface area (Å²) in [6.07, 6.45) is 0. The maximum atomic E-state index is 2.24. The fourth-order valence-corrected chi connectivity index (χ4v) is 13.6. The standard InChI is InChI=1S/2C18H12.C16H10.2C14H10.C10H8.C6H6/c1-3-7-16-13(5-1)9-11-15-12-10-14-6-2-4-8-17(14)18(15)16;1-3-7-15-13(5-1)9-11-18-16-8-4-2-6-14(16)10-12-17(15)18;1-3-11-7-9-13-5-2-6-14-10-8-12(4-1)15(11)16(13)14;1-3-7-13-11(5-1)9-10-12-6-2-4-8-14(12)13;1-2-6-12-10-14-8-4-3-7-13(14)9-11(12)5-1;1-2-6-10-8-4-3-7-9(10)5-1;1-2-4-6-5-3-1/h2*1-12H;1-10H;2*1-10H;1-8H;1-6H. The van der Waals surface area contributed by atoms with E-state index in [1.54, 1.807) is 0 Å². The van der Waals surface area contributed by atoms with Gasteiger partial charge in [-0.25, -0.2) is 0 Å². The van der Waals surface area contributed by atoms with E-state index in [9.17, 15) is 0 Å². The fourth-order valence-electron chi connectivity index (χ4n) is 13.6. The first-order valence-electron chi connectivity index (χ1n) is 33.0. The number of fused-ring (bicyclic) bond motifs is 16. The molecule has 0 aliphatic carbocycles. The van der Waals surface area contributed by atoms with Crippen LogP contribution in [0.2, 0.25) is 0 Å². The van der Waals surface area contributed by atoms with E-state index in [0.717, 1.165) is 0 Å². The molecule has 0 fully saturated rings. The average Bonchev–Trinajstić information content (AvgIpc) is 0.762. The first kappa shape index (κ1) is 59.8. The van der Waals surface area contributed by atoms with E-state index < -0.39 is 0 Å². The SMILES string of the molecule is c1cc2ccc3cccc4ccc(c1)c2c34.c1ccc2c(c1)ccc1c3ccccc3ccc21.c1ccc2c(c1)ccc1ccc3ccccc3c12.c1ccc2c(c1)ccc1ccccc12.c1ccc2cc3ccccc3cc2c1.c1ccc2ccccc2c1.c1ccccc1. The monoisotopic (exact) mass is 1220 g/mol. The Kier molecular flexibility index (Phi) is 17.5. The lowest BCUT2D eigenvalue weighted by molar-refractivity contribution is 1.72. The van der Waals surface area contributed by atoms with Crippen molar-refractivity contribution in [3.8, 4) is 0 Å². The Labute approximate surface area is 559 Å². The molecule has 0 N–H and O–H groups in total. The average molecular weight is 1220 g/mol. The lowest BCUT2D eigenvalue weighted by Crippen LogP contribution is -1.82. The first-order chi connectivity index (χ1) is 47.6. The molecule has 0 saturated heterocycles. The molecule has 0 nitrogen and oxygen atoms in total. The van der Waals surface area contributed by atoms with E-state index in [1.165, 1.54) is 151 Å². The third-order valence-corrected chi connectivity index (χ3v) is 18.3. The molecular weight excluding hydrogens is 1150 g/mol. The van der Waals surface area contributed by atoms with Crippen molar-refractivity contribution in [2.24, 2.45) is 0 Å². The van der Waals surface area contributed by atoms with Crippen LogP contribution < -0.4 is 0 Å². The van der Waals surface area contributed by atoms with Crippen LogP contribution in [0.25, 0.3) is 151 Å². The molecule has 0 saturated carbocycles. The van der Waals surface area contributed by atoms with Crippen LogP contribution in [0.5, 0.6) is 0 Å². The predicted molar refractivity (Wildman–Crippen MR) is 421 cm³/mol. The molecule has 0 aliphatic rings. The molecule has 21 rings (SSSR count). The van der Waals surface area contributed by atoms with Crippen molar-refractivity contribution in [3.05, 3.63) is 413 Å². The van der Waals surface area contributed by atoms with Crippen molar-refractivity contribution < 1.29 is 0 Å². The van der Waals surface area contributed by atoms with Gasteiger partial charge in [-0.1, -0.05) is 400 Å². The molecule has 0 bridgehead atoms. The Balaban J connectivity index is 0.0000000936. The highest BCUT2D eigenvalue weighted by molar-refractivity contribution is 6.23. The van der Waals surface area contributed by atoms with Crippen molar-refractivity contribution in [1.29, 1.82) is 0 Å². The Hall–Kier alpha value is -12.5. The van der Waals surface area contributed by atoms with Crippen molar-refractivity contribution in [3.63, 3.8) is 0 Å². The van der Waals surface area contributed by atoms with Gasteiger partial charge in [0.1, 0.15) is 0 Å². The summed E-state index contributed by atoms with van der Waals surface area (Å²) in [6, 6.07) is 145. The van der Waals surface area contributed by atoms with E-state index in [1.807, 2.05) is 36.4 Å². The minimum atomic E-state index is 1.31. The molecule has 0 aliphatic heterocycles.